The molecule has 0 spiro atoms. The Morgan fingerprint density at radius 1 is 1.41 bits per heavy atom. The number of ether oxygens (including phenoxy) is 1. The molecule has 1 aliphatic carbocycles. The zero-order valence-corrected chi connectivity index (χ0v) is 11.5. The third kappa shape index (κ3) is 4.57. The molecule has 1 rings (SSSR count). The summed E-state index contributed by atoms with van der Waals surface area (Å²) >= 11 is 0. The normalized spacial score (nSPS) is 31.4. The van der Waals surface area contributed by atoms with Gasteiger partial charge in [-0.3, -0.25) is 0 Å². The highest BCUT2D eigenvalue weighted by Crippen LogP contribution is 2.42. The van der Waals surface area contributed by atoms with Crippen molar-refractivity contribution in [3.63, 3.8) is 0 Å². The lowest BCUT2D eigenvalue weighted by Crippen LogP contribution is -2.38. The van der Waals surface area contributed by atoms with E-state index in [-0.39, 0.29) is 11.5 Å². The molecule has 1 atom stereocenters. The van der Waals surface area contributed by atoms with E-state index in [9.17, 15) is 5.11 Å². The highest BCUT2D eigenvalue weighted by Gasteiger charge is 2.35. The largest absolute Gasteiger partial charge is 0.391 e. The highest BCUT2D eigenvalue weighted by atomic mass is 16.5. The van der Waals surface area contributed by atoms with Crippen molar-refractivity contribution in [3.8, 4) is 0 Å². The smallest absolute Gasteiger partial charge is 0.0779 e. The van der Waals surface area contributed by atoms with Crippen molar-refractivity contribution >= 4 is 0 Å². The van der Waals surface area contributed by atoms with Gasteiger partial charge in [-0.25, -0.2) is 0 Å². The van der Waals surface area contributed by atoms with Crippen LogP contribution in [0.4, 0.5) is 0 Å². The maximum atomic E-state index is 9.89. The van der Waals surface area contributed by atoms with Crippen LogP contribution in [0.1, 0.15) is 51.9 Å². The standard InChI is InChI=1S/C14H29NO2/c1-3-4-12-5-7-14(11-15,8-6-12)9-13(16)10-17-2/h12-13,16H,3-11,15H2,1-2H3. The third-order valence-electron chi connectivity index (χ3n) is 4.32. The summed E-state index contributed by atoms with van der Waals surface area (Å²) in [6.07, 6.45) is 8.00. The molecule has 3 nitrogen and oxygen atoms in total. The number of aliphatic hydroxyl groups excluding tert-OH is 1. The summed E-state index contributed by atoms with van der Waals surface area (Å²) in [5.41, 5.74) is 6.12. The predicted octanol–water partition coefficient (Wildman–Crippen LogP) is 2.32. The molecular weight excluding hydrogens is 214 g/mol. The lowest BCUT2D eigenvalue weighted by molar-refractivity contribution is 0.0120. The van der Waals surface area contributed by atoms with Crippen molar-refractivity contribution in [1.82, 2.24) is 0 Å². The van der Waals surface area contributed by atoms with E-state index < -0.39 is 0 Å². The van der Waals surface area contributed by atoms with E-state index in [0.29, 0.717) is 13.2 Å². The SMILES string of the molecule is CCCC1CCC(CN)(CC(O)COC)CC1. The van der Waals surface area contributed by atoms with Crippen molar-refractivity contribution in [2.24, 2.45) is 17.1 Å². The first kappa shape index (κ1) is 14.9. The van der Waals surface area contributed by atoms with Gasteiger partial charge in [-0.15, -0.1) is 0 Å². The second-order valence-electron chi connectivity index (χ2n) is 5.75. The molecule has 102 valence electrons. The topological polar surface area (TPSA) is 55.5 Å². The zero-order valence-electron chi connectivity index (χ0n) is 11.5. The number of aliphatic hydroxyl groups is 1. The Morgan fingerprint density at radius 2 is 2.06 bits per heavy atom. The Bertz CT molecular complexity index is 200. The highest BCUT2D eigenvalue weighted by molar-refractivity contribution is 4.88. The molecule has 0 aromatic rings. The first-order valence-corrected chi connectivity index (χ1v) is 7.03. The maximum absolute atomic E-state index is 9.89. The fourth-order valence-electron chi connectivity index (χ4n) is 3.23. The summed E-state index contributed by atoms with van der Waals surface area (Å²) in [7, 11) is 1.64. The van der Waals surface area contributed by atoms with Crippen LogP contribution in [-0.2, 0) is 4.74 Å². The molecule has 0 bridgehead atoms. The van der Waals surface area contributed by atoms with Crippen LogP contribution in [0, 0.1) is 11.3 Å². The van der Waals surface area contributed by atoms with Gasteiger partial charge in [0.25, 0.3) is 0 Å². The van der Waals surface area contributed by atoms with Crippen molar-refractivity contribution in [2.75, 3.05) is 20.3 Å². The first-order valence-electron chi connectivity index (χ1n) is 7.03. The molecule has 17 heavy (non-hydrogen) atoms. The van der Waals surface area contributed by atoms with Gasteiger partial charge < -0.3 is 15.6 Å². The molecule has 0 heterocycles. The summed E-state index contributed by atoms with van der Waals surface area (Å²) in [6, 6.07) is 0. The van der Waals surface area contributed by atoms with Crippen molar-refractivity contribution in [3.05, 3.63) is 0 Å². The van der Waals surface area contributed by atoms with E-state index >= 15 is 0 Å². The van der Waals surface area contributed by atoms with Crippen LogP contribution in [0.25, 0.3) is 0 Å². The summed E-state index contributed by atoms with van der Waals surface area (Å²) in [6.45, 7) is 3.39. The van der Waals surface area contributed by atoms with Crippen LogP contribution in [-0.4, -0.2) is 31.5 Å². The summed E-state index contributed by atoms with van der Waals surface area (Å²) < 4.78 is 5.00. The molecule has 0 aliphatic heterocycles. The molecule has 0 aromatic heterocycles. The fourth-order valence-corrected chi connectivity index (χ4v) is 3.23. The van der Waals surface area contributed by atoms with Crippen LogP contribution in [0.3, 0.4) is 0 Å². The minimum absolute atomic E-state index is 0.169. The van der Waals surface area contributed by atoms with Crippen molar-refractivity contribution < 1.29 is 9.84 Å². The van der Waals surface area contributed by atoms with E-state index in [1.54, 1.807) is 7.11 Å². The molecule has 1 saturated carbocycles. The lowest BCUT2D eigenvalue weighted by atomic mass is 9.67. The number of hydrogen-bond donors (Lipinski definition) is 2. The van der Waals surface area contributed by atoms with Gasteiger partial charge in [-0.1, -0.05) is 19.8 Å². The number of methoxy groups -OCH3 is 1. The fraction of sp³-hybridized carbons (Fsp3) is 1.00. The van der Waals surface area contributed by atoms with Gasteiger partial charge >= 0.3 is 0 Å². The molecule has 1 fully saturated rings. The monoisotopic (exact) mass is 243 g/mol. The second kappa shape index (κ2) is 7.34. The zero-order chi connectivity index (χ0) is 12.7. The molecular formula is C14H29NO2. The van der Waals surface area contributed by atoms with Crippen LogP contribution in [0.15, 0.2) is 0 Å². The van der Waals surface area contributed by atoms with Gasteiger partial charge in [0.2, 0.25) is 0 Å². The maximum Gasteiger partial charge on any atom is 0.0779 e. The summed E-state index contributed by atoms with van der Waals surface area (Å²) in [4.78, 5) is 0. The van der Waals surface area contributed by atoms with E-state index in [1.807, 2.05) is 0 Å². The predicted molar refractivity (Wildman–Crippen MR) is 70.9 cm³/mol. The molecule has 3 heteroatoms. The van der Waals surface area contributed by atoms with Crippen molar-refractivity contribution in [1.29, 1.82) is 0 Å². The van der Waals surface area contributed by atoms with E-state index in [4.69, 9.17) is 10.5 Å². The third-order valence-corrected chi connectivity index (χ3v) is 4.32. The van der Waals surface area contributed by atoms with E-state index in [0.717, 1.165) is 12.3 Å². The van der Waals surface area contributed by atoms with Crippen LogP contribution >= 0.6 is 0 Å². The van der Waals surface area contributed by atoms with Crippen LogP contribution in [0.5, 0.6) is 0 Å². The quantitative estimate of drug-likeness (QED) is 0.721. The first-order chi connectivity index (χ1) is 8.15. The number of hydrogen-bond acceptors (Lipinski definition) is 3. The molecule has 0 aromatic carbocycles. The lowest BCUT2D eigenvalue weighted by Gasteiger charge is -2.40. The Kier molecular flexibility index (Phi) is 6.45. The average Bonchev–Trinajstić information content (AvgIpc) is 2.32. The van der Waals surface area contributed by atoms with Gasteiger partial charge in [0, 0.05) is 7.11 Å². The molecule has 0 amide bonds. The summed E-state index contributed by atoms with van der Waals surface area (Å²) in [5, 5.41) is 9.89. The summed E-state index contributed by atoms with van der Waals surface area (Å²) in [5.74, 6) is 0.888. The Morgan fingerprint density at radius 3 is 2.53 bits per heavy atom. The molecule has 3 N–H and O–H groups in total. The van der Waals surface area contributed by atoms with Gasteiger partial charge in [-0.05, 0) is 50.0 Å². The van der Waals surface area contributed by atoms with Crippen molar-refractivity contribution in [2.45, 2.75) is 58.0 Å². The Labute approximate surface area is 106 Å². The second-order valence-corrected chi connectivity index (χ2v) is 5.75. The van der Waals surface area contributed by atoms with Gasteiger partial charge in [-0.2, -0.15) is 0 Å². The Balaban J connectivity index is 2.43. The molecule has 0 radical (unpaired) electrons. The van der Waals surface area contributed by atoms with Gasteiger partial charge in [0.15, 0.2) is 0 Å². The molecule has 1 unspecified atom stereocenters. The number of nitrogens with two attached hydrogens (primary N) is 1. The number of rotatable bonds is 7. The van der Waals surface area contributed by atoms with E-state index in [2.05, 4.69) is 6.92 Å². The Hall–Kier alpha value is -0.120. The van der Waals surface area contributed by atoms with Gasteiger partial charge in [0.05, 0.1) is 12.7 Å². The van der Waals surface area contributed by atoms with Crippen LogP contribution in [0.2, 0.25) is 0 Å². The minimum Gasteiger partial charge on any atom is -0.391 e. The average molecular weight is 243 g/mol. The molecule has 0 saturated heterocycles. The molecule has 1 aliphatic rings. The minimum atomic E-state index is -0.355. The van der Waals surface area contributed by atoms with Gasteiger partial charge in [0.1, 0.15) is 0 Å². The van der Waals surface area contributed by atoms with E-state index in [1.165, 1.54) is 38.5 Å². The van der Waals surface area contributed by atoms with Crippen LogP contribution < -0.4 is 5.73 Å².